The van der Waals surface area contributed by atoms with Crippen molar-refractivity contribution in [3.8, 4) is 0 Å². The van der Waals surface area contributed by atoms with Gasteiger partial charge in [-0.05, 0) is 31.5 Å². The van der Waals surface area contributed by atoms with Gasteiger partial charge in [0.15, 0.2) is 5.96 Å². The van der Waals surface area contributed by atoms with Crippen LogP contribution in [0.3, 0.4) is 0 Å². The van der Waals surface area contributed by atoms with E-state index in [1.807, 2.05) is 37.5 Å². The number of rotatable bonds is 9. The zero-order valence-corrected chi connectivity index (χ0v) is 21.3. The second-order valence-corrected chi connectivity index (χ2v) is 8.90. The summed E-state index contributed by atoms with van der Waals surface area (Å²) in [5.74, 6) is 1.63. The summed E-state index contributed by atoms with van der Waals surface area (Å²) in [5.41, 5.74) is 0.964. The van der Waals surface area contributed by atoms with Crippen molar-refractivity contribution in [1.29, 1.82) is 0 Å². The van der Waals surface area contributed by atoms with Crippen LogP contribution in [0.5, 0.6) is 0 Å². The van der Waals surface area contributed by atoms with Crippen LogP contribution in [0.25, 0.3) is 0 Å². The first-order valence-corrected chi connectivity index (χ1v) is 11.1. The van der Waals surface area contributed by atoms with Crippen molar-refractivity contribution in [3.05, 3.63) is 42.0 Å². The quantitative estimate of drug-likeness (QED) is 0.281. The molecule has 2 aromatic rings. The Morgan fingerprint density at radius 1 is 1.23 bits per heavy atom. The van der Waals surface area contributed by atoms with Crippen molar-refractivity contribution in [3.63, 3.8) is 0 Å². The molecule has 0 fully saturated rings. The van der Waals surface area contributed by atoms with Gasteiger partial charge in [0.05, 0.1) is 4.90 Å². The molecule has 0 spiro atoms. The van der Waals surface area contributed by atoms with E-state index in [2.05, 4.69) is 25.8 Å². The highest BCUT2D eigenvalue weighted by molar-refractivity contribution is 14.0. The number of nitrogens with one attached hydrogen (secondary N) is 2. The van der Waals surface area contributed by atoms with Crippen molar-refractivity contribution in [2.75, 3.05) is 20.6 Å². The summed E-state index contributed by atoms with van der Waals surface area (Å²) in [6, 6.07) is 6.81. The molecule has 1 aromatic heterocycles. The Balaban J connectivity index is 0.00000450. The Kier molecular flexibility index (Phi) is 10.7. The Morgan fingerprint density at radius 3 is 2.47 bits per heavy atom. The number of sulfonamides is 1. The number of guanidine groups is 1. The summed E-state index contributed by atoms with van der Waals surface area (Å²) in [7, 11) is -0.163. The van der Waals surface area contributed by atoms with E-state index < -0.39 is 10.0 Å². The molecule has 0 aliphatic carbocycles. The van der Waals surface area contributed by atoms with Crippen LogP contribution in [0.15, 0.2) is 40.5 Å². The van der Waals surface area contributed by atoms with Gasteiger partial charge in [-0.3, -0.25) is 4.99 Å². The van der Waals surface area contributed by atoms with Gasteiger partial charge in [-0.2, -0.15) is 4.31 Å². The molecule has 0 amide bonds. The fourth-order valence-corrected chi connectivity index (χ4v) is 4.03. The Labute approximate surface area is 196 Å². The van der Waals surface area contributed by atoms with Crippen molar-refractivity contribution < 1.29 is 8.42 Å². The lowest BCUT2D eigenvalue weighted by atomic mass is 10.2. The predicted molar refractivity (Wildman–Crippen MR) is 130 cm³/mol. The highest BCUT2D eigenvalue weighted by Gasteiger charge is 2.22. The van der Waals surface area contributed by atoms with Crippen LogP contribution in [-0.2, 0) is 29.5 Å². The van der Waals surface area contributed by atoms with Crippen LogP contribution >= 0.6 is 24.0 Å². The van der Waals surface area contributed by atoms with E-state index in [0.29, 0.717) is 23.9 Å². The number of aromatic nitrogens is 3. The predicted octanol–water partition coefficient (Wildman–Crippen LogP) is 1.85. The lowest BCUT2D eigenvalue weighted by Crippen LogP contribution is -2.38. The lowest BCUT2D eigenvalue weighted by Gasteiger charge is -2.21. The number of hydrogen-bond donors (Lipinski definition) is 2. The van der Waals surface area contributed by atoms with Gasteiger partial charge in [0, 0.05) is 46.2 Å². The standard InChI is InChI=1S/C19H31N7O2S.HI/c1-6-18-24-23-14-26(18)12-11-21-19(20-4)22-13-16-7-9-17(10-8-16)29(27,28)25(5)15(2)3;/h7-10,14-15H,6,11-13H2,1-5H3,(H2,20,21,22);1H. The third kappa shape index (κ3) is 6.91. The summed E-state index contributed by atoms with van der Waals surface area (Å²) in [5, 5.41) is 14.5. The van der Waals surface area contributed by atoms with E-state index in [1.54, 1.807) is 32.6 Å². The maximum absolute atomic E-state index is 12.5. The highest BCUT2D eigenvalue weighted by atomic mass is 127. The molecule has 2 N–H and O–H groups in total. The number of hydrogen-bond acceptors (Lipinski definition) is 5. The minimum atomic E-state index is -3.47. The molecule has 0 aliphatic heterocycles. The first kappa shape index (κ1) is 26.3. The van der Waals surface area contributed by atoms with Crippen LogP contribution in [0, 0.1) is 0 Å². The first-order chi connectivity index (χ1) is 13.8. The van der Waals surface area contributed by atoms with Gasteiger partial charge in [0.2, 0.25) is 10.0 Å². The maximum atomic E-state index is 12.5. The lowest BCUT2D eigenvalue weighted by molar-refractivity contribution is 0.410. The zero-order chi connectivity index (χ0) is 21.4. The van der Waals surface area contributed by atoms with Crippen molar-refractivity contribution in [2.45, 2.75) is 51.2 Å². The second kappa shape index (κ2) is 12.2. The molecule has 0 radical (unpaired) electrons. The van der Waals surface area contributed by atoms with Crippen LogP contribution in [-0.4, -0.2) is 60.1 Å². The van der Waals surface area contributed by atoms with E-state index in [4.69, 9.17) is 0 Å². The minimum Gasteiger partial charge on any atom is -0.355 e. The van der Waals surface area contributed by atoms with Gasteiger partial charge in [-0.1, -0.05) is 19.1 Å². The van der Waals surface area contributed by atoms with Crippen LogP contribution < -0.4 is 10.6 Å². The molecule has 0 aliphatic rings. The van der Waals surface area contributed by atoms with E-state index in [-0.39, 0.29) is 30.0 Å². The molecule has 1 heterocycles. The first-order valence-electron chi connectivity index (χ1n) is 9.67. The fraction of sp³-hybridized carbons (Fsp3) is 0.526. The molecule has 0 atom stereocenters. The van der Waals surface area contributed by atoms with Gasteiger partial charge in [-0.25, -0.2) is 8.42 Å². The molecule has 1 aromatic carbocycles. The number of aliphatic imine (C=N–C) groups is 1. The highest BCUT2D eigenvalue weighted by Crippen LogP contribution is 2.17. The van der Waals surface area contributed by atoms with Gasteiger partial charge in [-0.15, -0.1) is 34.2 Å². The SMILES string of the molecule is CCc1nncn1CCNC(=NC)NCc1ccc(S(=O)(=O)N(C)C(C)C)cc1.I. The van der Waals surface area contributed by atoms with Gasteiger partial charge < -0.3 is 15.2 Å². The molecule has 11 heteroatoms. The van der Waals surface area contributed by atoms with E-state index in [1.165, 1.54) is 4.31 Å². The van der Waals surface area contributed by atoms with Crippen molar-refractivity contribution in [2.24, 2.45) is 4.99 Å². The minimum absolute atomic E-state index is 0. The molecule has 0 saturated carbocycles. The third-order valence-electron chi connectivity index (χ3n) is 4.67. The van der Waals surface area contributed by atoms with Crippen LogP contribution in [0.2, 0.25) is 0 Å². The van der Waals surface area contributed by atoms with E-state index in [0.717, 1.165) is 24.4 Å². The fourth-order valence-electron chi connectivity index (χ4n) is 2.66. The molecule has 0 saturated heterocycles. The summed E-state index contributed by atoms with van der Waals surface area (Å²) >= 11 is 0. The maximum Gasteiger partial charge on any atom is 0.243 e. The third-order valence-corrected chi connectivity index (χ3v) is 6.72. The number of halogens is 1. The monoisotopic (exact) mass is 549 g/mol. The Bertz CT molecular complexity index is 911. The Morgan fingerprint density at radius 2 is 1.90 bits per heavy atom. The van der Waals surface area contributed by atoms with Gasteiger partial charge in [0.25, 0.3) is 0 Å². The molecular formula is C19H32IN7O2S. The molecule has 2 rings (SSSR count). The smallest absolute Gasteiger partial charge is 0.243 e. The van der Waals surface area contributed by atoms with Crippen LogP contribution in [0.1, 0.15) is 32.2 Å². The summed E-state index contributed by atoms with van der Waals surface area (Å²) in [6.45, 7) is 7.70. The average molecular weight is 549 g/mol. The molecule has 9 nitrogen and oxygen atoms in total. The van der Waals surface area contributed by atoms with Crippen molar-refractivity contribution in [1.82, 2.24) is 29.7 Å². The molecule has 168 valence electrons. The van der Waals surface area contributed by atoms with E-state index >= 15 is 0 Å². The zero-order valence-electron chi connectivity index (χ0n) is 18.2. The number of aryl methyl sites for hydroxylation is 1. The topological polar surface area (TPSA) is 105 Å². The molecule has 0 unspecified atom stereocenters. The average Bonchev–Trinajstić information content (AvgIpc) is 3.17. The number of nitrogens with zero attached hydrogens (tertiary/aromatic N) is 5. The Hall–Kier alpha value is -1.73. The van der Waals surface area contributed by atoms with E-state index in [9.17, 15) is 8.42 Å². The molecular weight excluding hydrogens is 517 g/mol. The summed E-state index contributed by atoms with van der Waals surface area (Å²) in [6.07, 6.45) is 2.56. The summed E-state index contributed by atoms with van der Waals surface area (Å²) in [4.78, 5) is 4.51. The van der Waals surface area contributed by atoms with Crippen LogP contribution in [0.4, 0.5) is 0 Å². The van der Waals surface area contributed by atoms with Gasteiger partial charge in [0.1, 0.15) is 12.2 Å². The largest absolute Gasteiger partial charge is 0.355 e. The summed E-state index contributed by atoms with van der Waals surface area (Å²) < 4.78 is 28.4. The second-order valence-electron chi connectivity index (χ2n) is 6.91. The molecule has 30 heavy (non-hydrogen) atoms. The molecule has 0 bridgehead atoms. The number of benzene rings is 1. The van der Waals surface area contributed by atoms with Crippen molar-refractivity contribution >= 4 is 40.0 Å². The normalized spacial score (nSPS) is 12.2. The van der Waals surface area contributed by atoms with Gasteiger partial charge >= 0.3 is 0 Å².